The Hall–Kier alpha value is -1.58. The first kappa shape index (κ1) is 13.1. The summed E-state index contributed by atoms with van der Waals surface area (Å²) in [5.41, 5.74) is 2.56. The molecule has 1 aromatic carbocycles. The number of nitrogens with zero attached hydrogens (tertiary/aromatic N) is 2. The molecule has 2 saturated heterocycles. The average Bonchev–Trinajstić information content (AvgIpc) is 3.18. The minimum atomic E-state index is 0.798. The Morgan fingerprint density at radius 2 is 2.10 bits per heavy atom. The zero-order valence-electron chi connectivity index (χ0n) is 12.4. The number of piperazine rings is 1. The molecule has 2 fully saturated rings. The van der Waals surface area contributed by atoms with Crippen LogP contribution in [0.15, 0.2) is 47.1 Å². The predicted octanol–water partition coefficient (Wildman–Crippen LogP) is 3.23. The molecular formula is C18H22N2O. The highest BCUT2D eigenvalue weighted by atomic mass is 16.3. The zero-order valence-corrected chi connectivity index (χ0v) is 12.4. The van der Waals surface area contributed by atoms with Crippen molar-refractivity contribution in [2.45, 2.75) is 25.4 Å². The predicted molar refractivity (Wildman–Crippen MR) is 84.0 cm³/mol. The fourth-order valence-electron chi connectivity index (χ4n) is 3.72. The van der Waals surface area contributed by atoms with Crippen LogP contribution < -0.4 is 0 Å². The van der Waals surface area contributed by atoms with Gasteiger partial charge in [-0.3, -0.25) is 9.80 Å². The van der Waals surface area contributed by atoms with E-state index >= 15 is 0 Å². The van der Waals surface area contributed by atoms with Gasteiger partial charge in [0.15, 0.2) is 0 Å². The van der Waals surface area contributed by atoms with Gasteiger partial charge in [0, 0.05) is 37.8 Å². The molecule has 0 spiro atoms. The summed E-state index contributed by atoms with van der Waals surface area (Å²) in [5.74, 6) is 0.956. The highest BCUT2D eigenvalue weighted by molar-refractivity contribution is 5.58. The Kier molecular flexibility index (Phi) is 3.53. The number of hydrogen-bond donors (Lipinski definition) is 0. The summed E-state index contributed by atoms with van der Waals surface area (Å²) < 4.78 is 5.50. The molecule has 21 heavy (non-hydrogen) atoms. The molecule has 3 nitrogen and oxygen atoms in total. The van der Waals surface area contributed by atoms with Gasteiger partial charge in [0.05, 0.1) is 6.26 Å². The van der Waals surface area contributed by atoms with Crippen LogP contribution in [0.4, 0.5) is 0 Å². The van der Waals surface area contributed by atoms with E-state index in [9.17, 15) is 0 Å². The van der Waals surface area contributed by atoms with Crippen LogP contribution in [0.25, 0.3) is 11.3 Å². The van der Waals surface area contributed by atoms with E-state index in [0.29, 0.717) is 0 Å². The Morgan fingerprint density at radius 1 is 1.10 bits per heavy atom. The van der Waals surface area contributed by atoms with Crippen LogP contribution in [0.1, 0.15) is 18.4 Å². The largest absolute Gasteiger partial charge is 0.464 e. The summed E-state index contributed by atoms with van der Waals surface area (Å²) in [7, 11) is 0. The Labute approximate surface area is 126 Å². The SMILES string of the molecule is c1cc(CN2CCN3CCC[C@@H]3C2)cc(-c2ccco2)c1. The van der Waals surface area contributed by atoms with Crippen molar-refractivity contribution < 1.29 is 4.42 Å². The first-order chi connectivity index (χ1) is 10.4. The molecule has 3 heterocycles. The molecule has 1 aromatic heterocycles. The van der Waals surface area contributed by atoms with Crippen molar-refractivity contribution in [1.82, 2.24) is 9.80 Å². The van der Waals surface area contributed by atoms with Crippen LogP contribution in [0.5, 0.6) is 0 Å². The lowest BCUT2D eigenvalue weighted by molar-refractivity contribution is 0.0994. The van der Waals surface area contributed by atoms with Crippen LogP contribution in [0.3, 0.4) is 0 Å². The molecule has 0 bridgehead atoms. The number of furan rings is 1. The average molecular weight is 282 g/mol. The van der Waals surface area contributed by atoms with Gasteiger partial charge in [0.2, 0.25) is 0 Å². The fraction of sp³-hybridized carbons (Fsp3) is 0.444. The molecule has 2 aliphatic rings. The highest BCUT2D eigenvalue weighted by Gasteiger charge is 2.30. The molecule has 3 heteroatoms. The third-order valence-corrected chi connectivity index (χ3v) is 4.81. The van der Waals surface area contributed by atoms with Crippen molar-refractivity contribution in [3.05, 3.63) is 48.2 Å². The van der Waals surface area contributed by atoms with Crippen LogP contribution in [0.2, 0.25) is 0 Å². The maximum Gasteiger partial charge on any atom is 0.133 e. The molecule has 0 saturated carbocycles. The van der Waals surface area contributed by atoms with Gasteiger partial charge in [-0.05, 0) is 43.1 Å². The molecule has 2 aliphatic heterocycles. The molecule has 0 radical (unpaired) electrons. The molecule has 2 aromatic rings. The van der Waals surface area contributed by atoms with Crippen LogP contribution >= 0.6 is 0 Å². The number of rotatable bonds is 3. The van der Waals surface area contributed by atoms with E-state index in [1.807, 2.05) is 12.1 Å². The molecule has 110 valence electrons. The summed E-state index contributed by atoms with van der Waals surface area (Å²) in [4.78, 5) is 5.27. The summed E-state index contributed by atoms with van der Waals surface area (Å²) in [6, 6.07) is 13.5. The maximum absolute atomic E-state index is 5.50. The summed E-state index contributed by atoms with van der Waals surface area (Å²) in [5, 5.41) is 0. The van der Waals surface area contributed by atoms with E-state index in [1.165, 1.54) is 50.1 Å². The second kappa shape index (κ2) is 5.66. The quantitative estimate of drug-likeness (QED) is 0.862. The van der Waals surface area contributed by atoms with Gasteiger partial charge < -0.3 is 4.42 Å². The standard InChI is InChI=1S/C18H22N2O/c1-4-15(12-16(5-1)18-7-3-11-21-18)13-19-9-10-20-8-2-6-17(20)14-19/h1,3-5,7,11-12,17H,2,6,8-10,13-14H2/t17-/m1/s1. The molecule has 1 atom stereocenters. The van der Waals surface area contributed by atoms with Gasteiger partial charge in [-0.25, -0.2) is 0 Å². The minimum absolute atomic E-state index is 0.798. The smallest absolute Gasteiger partial charge is 0.133 e. The first-order valence-corrected chi connectivity index (χ1v) is 7.98. The lowest BCUT2D eigenvalue weighted by Crippen LogP contribution is -2.49. The monoisotopic (exact) mass is 282 g/mol. The lowest BCUT2D eigenvalue weighted by atomic mass is 10.1. The second-order valence-corrected chi connectivity index (χ2v) is 6.24. The van der Waals surface area contributed by atoms with E-state index in [-0.39, 0.29) is 0 Å². The van der Waals surface area contributed by atoms with Crippen LogP contribution in [-0.2, 0) is 6.54 Å². The minimum Gasteiger partial charge on any atom is -0.464 e. The third-order valence-electron chi connectivity index (χ3n) is 4.81. The summed E-state index contributed by atoms with van der Waals surface area (Å²) in [6.45, 7) is 6.03. The molecule has 0 aliphatic carbocycles. The maximum atomic E-state index is 5.50. The van der Waals surface area contributed by atoms with Gasteiger partial charge in [-0.15, -0.1) is 0 Å². The second-order valence-electron chi connectivity index (χ2n) is 6.24. The van der Waals surface area contributed by atoms with Crippen molar-refractivity contribution in [3.63, 3.8) is 0 Å². The normalized spacial score (nSPS) is 23.3. The molecule has 0 unspecified atom stereocenters. The van der Waals surface area contributed by atoms with Crippen molar-refractivity contribution in [1.29, 1.82) is 0 Å². The Balaban J connectivity index is 1.46. The van der Waals surface area contributed by atoms with E-state index in [2.05, 4.69) is 34.1 Å². The van der Waals surface area contributed by atoms with Crippen molar-refractivity contribution in [2.24, 2.45) is 0 Å². The number of benzene rings is 1. The van der Waals surface area contributed by atoms with Crippen LogP contribution in [0, 0.1) is 0 Å². The van der Waals surface area contributed by atoms with Gasteiger partial charge in [0.25, 0.3) is 0 Å². The van der Waals surface area contributed by atoms with Gasteiger partial charge in [-0.2, -0.15) is 0 Å². The van der Waals surface area contributed by atoms with Gasteiger partial charge in [0.1, 0.15) is 5.76 Å². The van der Waals surface area contributed by atoms with Crippen molar-refractivity contribution >= 4 is 0 Å². The Bertz CT molecular complexity index is 593. The van der Waals surface area contributed by atoms with E-state index in [0.717, 1.165) is 18.3 Å². The van der Waals surface area contributed by atoms with Crippen LogP contribution in [-0.4, -0.2) is 42.0 Å². The fourth-order valence-corrected chi connectivity index (χ4v) is 3.72. The molecule has 0 amide bonds. The zero-order chi connectivity index (χ0) is 14.1. The van der Waals surface area contributed by atoms with Crippen molar-refractivity contribution in [2.75, 3.05) is 26.2 Å². The molecule has 4 rings (SSSR count). The van der Waals surface area contributed by atoms with E-state index in [1.54, 1.807) is 6.26 Å². The summed E-state index contributed by atoms with van der Waals surface area (Å²) >= 11 is 0. The van der Waals surface area contributed by atoms with Gasteiger partial charge in [-0.1, -0.05) is 18.2 Å². The molecular weight excluding hydrogens is 260 g/mol. The molecule has 0 N–H and O–H groups in total. The third kappa shape index (κ3) is 2.76. The van der Waals surface area contributed by atoms with Crippen molar-refractivity contribution in [3.8, 4) is 11.3 Å². The highest BCUT2D eigenvalue weighted by Crippen LogP contribution is 2.24. The number of fused-ring (bicyclic) bond motifs is 1. The Morgan fingerprint density at radius 3 is 3.00 bits per heavy atom. The van der Waals surface area contributed by atoms with E-state index < -0.39 is 0 Å². The summed E-state index contributed by atoms with van der Waals surface area (Å²) in [6.07, 6.45) is 4.50. The first-order valence-electron chi connectivity index (χ1n) is 7.98. The lowest BCUT2D eigenvalue weighted by Gasteiger charge is -2.37. The van der Waals surface area contributed by atoms with Gasteiger partial charge >= 0.3 is 0 Å². The number of hydrogen-bond acceptors (Lipinski definition) is 3. The van der Waals surface area contributed by atoms with E-state index in [4.69, 9.17) is 4.42 Å². The topological polar surface area (TPSA) is 19.6 Å².